The SMILES string of the molecule is O=C(O)c1cccc(N=C2S/C(=C/c3ccco3)C(=O)N2c2ccccc2)c1. The van der Waals surface area contributed by atoms with Crippen LogP contribution in [0.15, 0.2) is 87.3 Å². The third-order valence-electron chi connectivity index (χ3n) is 3.96. The van der Waals surface area contributed by atoms with Crippen molar-refractivity contribution in [3.05, 3.63) is 89.2 Å². The minimum atomic E-state index is -1.03. The second kappa shape index (κ2) is 7.58. The number of para-hydroxylation sites is 1. The van der Waals surface area contributed by atoms with E-state index in [0.717, 1.165) is 0 Å². The number of furan rings is 1. The van der Waals surface area contributed by atoms with Gasteiger partial charge >= 0.3 is 5.97 Å². The fourth-order valence-corrected chi connectivity index (χ4v) is 3.66. The first kappa shape index (κ1) is 17.8. The largest absolute Gasteiger partial charge is 0.478 e. The molecular weight excluding hydrogens is 376 g/mol. The predicted molar refractivity (Wildman–Crippen MR) is 109 cm³/mol. The molecule has 1 amide bonds. The van der Waals surface area contributed by atoms with E-state index in [9.17, 15) is 14.7 Å². The van der Waals surface area contributed by atoms with Crippen LogP contribution in [0.3, 0.4) is 0 Å². The Morgan fingerprint density at radius 1 is 1.07 bits per heavy atom. The molecule has 1 aliphatic heterocycles. The fourth-order valence-electron chi connectivity index (χ4n) is 2.68. The summed E-state index contributed by atoms with van der Waals surface area (Å²) in [4.78, 5) is 30.8. The van der Waals surface area contributed by atoms with E-state index >= 15 is 0 Å². The van der Waals surface area contributed by atoms with Gasteiger partial charge in [-0.05, 0) is 54.2 Å². The molecule has 1 N–H and O–H groups in total. The van der Waals surface area contributed by atoms with Crippen LogP contribution < -0.4 is 4.90 Å². The Labute approximate surface area is 164 Å². The van der Waals surface area contributed by atoms with Gasteiger partial charge in [-0.15, -0.1) is 0 Å². The fraction of sp³-hybridized carbons (Fsp3) is 0. The van der Waals surface area contributed by atoms with Crippen LogP contribution in [0.25, 0.3) is 6.08 Å². The van der Waals surface area contributed by atoms with Crippen molar-refractivity contribution in [2.75, 3.05) is 4.90 Å². The summed E-state index contributed by atoms with van der Waals surface area (Å²) in [5.41, 5.74) is 1.26. The van der Waals surface area contributed by atoms with Crippen LogP contribution in [-0.2, 0) is 4.79 Å². The summed E-state index contributed by atoms with van der Waals surface area (Å²) in [6.45, 7) is 0. The zero-order valence-electron chi connectivity index (χ0n) is 14.5. The molecule has 0 aliphatic carbocycles. The molecule has 6 nitrogen and oxygen atoms in total. The van der Waals surface area contributed by atoms with Gasteiger partial charge < -0.3 is 9.52 Å². The lowest BCUT2D eigenvalue weighted by Crippen LogP contribution is -2.28. The van der Waals surface area contributed by atoms with Gasteiger partial charge in [-0.2, -0.15) is 0 Å². The number of carbonyl (C=O) groups excluding carboxylic acids is 1. The number of amidine groups is 1. The van der Waals surface area contributed by atoms with Gasteiger partial charge in [0.2, 0.25) is 0 Å². The molecule has 7 heteroatoms. The molecule has 0 bridgehead atoms. The van der Waals surface area contributed by atoms with Crippen molar-refractivity contribution in [1.29, 1.82) is 0 Å². The van der Waals surface area contributed by atoms with Crippen molar-refractivity contribution in [2.45, 2.75) is 0 Å². The van der Waals surface area contributed by atoms with Crippen LogP contribution in [0.1, 0.15) is 16.1 Å². The maximum atomic E-state index is 13.0. The lowest BCUT2D eigenvalue weighted by atomic mass is 10.2. The smallest absolute Gasteiger partial charge is 0.335 e. The third kappa shape index (κ3) is 3.60. The van der Waals surface area contributed by atoms with E-state index in [1.54, 1.807) is 30.3 Å². The molecule has 0 radical (unpaired) electrons. The first-order chi connectivity index (χ1) is 13.6. The van der Waals surface area contributed by atoms with E-state index in [4.69, 9.17) is 4.42 Å². The van der Waals surface area contributed by atoms with E-state index in [-0.39, 0.29) is 11.5 Å². The maximum Gasteiger partial charge on any atom is 0.335 e. The highest BCUT2D eigenvalue weighted by Crippen LogP contribution is 2.37. The van der Waals surface area contributed by atoms with Gasteiger partial charge in [0.15, 0.2) is 5.17 Å². The highest BCUT2D eigenvalue weighted by Gasteiger charge is 2.34. The van der Waals surface area contributed by atoms with Gasteiger partial charge in [0.1, 0.15) is 5.76 Å². The van der Waals surface area contributed by atoms with Crippen LogP contribution >= 0.6 is 11.8 Å². The van der Waals surface area contributed by atoms with E-state index in [0.29, 0.717) is 27.2 Å². The standard InChI is InChI=1S/C21H14N2O4S/c24-19-18(13-17-10-5-11-27-17)28-21(23(19)16-8-2-1-3-9-16)22-15-7-4-6-14(12-15)20(25)26/h1-13H,(H,25,26)/b18-13+,22-21?. The van der Waals surface area contributed by atoms with Gasteiger partial charge in [0.25, 0.3) is 5.91 Å². The first-order valence-electron chi connectivity index (χ1n) is 8.36. The summed E-state index contributed by atoms with van der Waals surface area (Å²) in [5, 5.41) is 9.63. The molecule has 1 saturated heterocycles. The molecule has 0 atom stereocenters. The molecular formula is C21H14N2O4S. The summed E-state index contributed by atoms with van der Waals surface area (Å²) in [6.07, 6.45) is 3.21. The number of carboxylic acid groups (broad SMARTS) is 1. The number of nitrogens with zero attached hydrogens (tertiary/aromatic N) is 2. The molecule has 1 fully saturated rings. The van der Waals surface area contributed by atoms with Crippen LogP contribution in [0.2, 0.25) is 0 Å². The molecule has 0 saturated carbocycles. The third-order valence-corrected chi connectivity index (χ3v) is 4.92. The predicted octanol–water partition coefficient (Wildman–Crippen LogP) is 4.79. The van der Waals surface area contributed by atoms with E-state index in [1.165, 1.54) is 35.1 Å². The first-order valence-corrected chi connectivity index (χ1v) is 9.18. The molecule has 28 heavy (non-hydrogen) atoms. The van der Waals surface area contributed by atoms with Crippen molar-refractivity contribution >= 4 is 46.3 Å². The number of anilines is 1. The second-order valence-electron chi connectivity index (χ2n) is 5.85. The molecule has 1 aromatic heterocycles. The summed E-state index contributed by atoms with van der Waals surface area (Å²) in [6, 6.07) is 19.0. The van der Waals surface area contributed by atoms with E-state index in [1.807, 2.05) is 30.3 Å². The molecule has 0 unspecified atom stereocenters. The normalized spacial score (nSPS) is 16.9. The minimum absolute atomic E-state index is 0.133. The lowest BCUT2D eigenvalue weighted by Gasteiger charge is -2.15. The number of carboxylic acids is 1. The molecule has 0 spiro atoms. The van der Waals surface area contributed by atoms with Gasteiger partial charge in [-0.25, -0.2) is 9.79 Å². The highest BCUT2D eigenvalue weighted by molar-refractivity contribution is 8.19. The zero-order chi connectivity index (χ0) is 19.5. The molecule has 138 valence electrons. The van der Waals surface area contributed by atoms with E-state index in [2.05, 4.69) is 4.99 Å². The minimum Gasteiger partial charge on any atom is -0.478 e. The summed E-state index contributed by atoms with van der Waals surface area (Å²) in [5.74, 6) is -0.686. The zero-order valence-corrected chi connectivity index (χ0v) is 15.3. The number of hydrogen-bond acceptors (Lipinski definition) is 5. The van der Waals surface area contributed by atoms with Gasteiger partial charge in [0, 0.05) is 6.08 Å². The van der Waals surface area contributed by atoms with Gasteiger partial charge in [-0.1, -0.05) is 24.3 Å². The average molecular weight is 390 g/mol. The Morgan fingerprint density at radius 2 is 1.89 bits per heavy atom. The number of carbonyl (C=O) groups is 2. The quantitative estimate of drug-likeness (QED) is 0.648. The Bertz CT molecular complexity index is 1090. The number of benzene rings is 2. The maximum absolute atomic E-state index is 13.0. The van der Waals surface area contributed by atoms with Crippen LogP contribution in [0.4, 0.5) is 11.4 Å². The molecule has 1 aliphatic rings. The number of aliphatic imine (C=N–C) groups is 1. The van der Waals surface area contributed by atoms with Crippen molar-refractivity contribution in [1.82, 2.24) is 0 Å². The number of rotatable bonds is 4. The average Bonchev–Trinajstić information content (AvgIpc) is 3.31. The molecule has 3 aromatic rings. The number of aromatic carboxylic acids is 1. The highest BCUT2D eigenvalue weighted by atomic mass is 32.2. The molecule has 2 heterocycles. The monoisotopic (exact) mass is 390 g/mol. The lowest BCUT2D eigenvalue weighted by molar-refractivity contribution is -0.113. The number of hydrogen-bond donors (Lipinski definition) is 1. The second-order valence-corrected chi connectivity index (χ2v) is 6.86. The van der Waals surface area contributed by atoms with Gasteiger partial charge in [-0.3, -0.25) is 9.69 Å². The Hall–Kier alpha value is -3.58. The number of amides is 1. The van der Waals surface area contributed by atoms with Crippen molar-refractivity contribution < 1.29 is 19.1 Å². The van der Waals surface area contributed by atoms with Crippen LogP contribution in [-0.4, -0.2) is 22.2 Å². The number of thioether (sulfide) groups is 1. The van der Waals surface area contributed by atoms with Gasteiger partial charge in [0.05, 0.1) is 28.1 Å². The Balaban J connectivity index is 1.78. The summed E-state index contributed by atoms with van der Waals surface area (Å²) >= 11 is 1.21. The van der Waals surface area contributed by atoms with Crippen LogP contribution in [0.5, 0.6) is 0 Å². The summed E-state index contributed by atoms with van der Waals surface area (Å²) in [7, 11) is 0. The summed E-state index contributed by atoms with van der Waals surface area (Å²) < 4.78 is 5.31. The topological polar surface area (TPSA) is 83.1 Å². The van der Waals surface area contributed by atoms with Crippen molar-refractivity contribution in [3.8, 4) is 0 Å². The Kier molecular flexibility index (Phi) is 4.82. The van der Waals surface area contributed by atoms with Crippen LogP contribution in [0, 0.1) is 0 Å². The Morgan fingerprint density at radius 3 is 2.61 bits per heavy atom. The van der Waals surface area contributed by atoms with E-state index < -0.39 is 5.97 Å². The molecule has 2 aromatic carbocycles. The molecule has 4 rings (SSSR count). The van der Waals surface area contributed by atoms with Crippen molar-refractivity contribution in [2.24, 2.45) is 4.99 Å². The van der Waals surface area contributed by atoms with Crippen molar-refractivity contribution in [3.63, 3.8) is 0 Å².